The molecule has 4 nitrogen and oxygen atoms in total. The number of carbonyl (C=O) groups excluding carboxylic acids is 1. The van der Waals surface area contributed by atoms with Gasteiger partial charge in [-0.3, -0.25) is 9.78 Å². The summed E-state index contributed by atoms with van der Waals surface area (Å²) < 4.78 is 0. The Balaban J connectivity index is 2.22. The Morgan fingerprint density at radius 2 is 1.88 bits per heavy atom. The van der Waals surface area contributed by atoms with Crippen molar-refractivity contribution in [3.8, 4) is 0 Å². The van der Waals surface area contributed by atoms with E-state index < -0.39 is 5.91 Å². The van der Waals surface area contributed by atoms with Crippen molar-refractivity contribution in [1.82, 2.24) is 4.98 Å². The standard InChI is InChI=1S/C12H11N3O/c13-12(16)9-2-1-3-11(8-9)15-10-4-6-14-7-5-10/h1-8H,(H2,13,16)(H,14,15). The largest absolute Gasteiger partial charge is 0.366 e. The van der Waals surface area contributed by atoms with Crippen molar-refractivity contribution >= 4 is 17.3 Å². The summed E-state index contributed by atoms with van der Waals surface area (Å²) in [4.78, 5) is 14.9. The third-order valence-corrected chi connectivity index (χ3v) is 2.12. The summed E-state index contributed by atoms with van der Waals surface area (Å²) in [7, 11) is 0. The summed E-state index contributed by atoms with van der Waals surface area (Å²) >= 11 is 0. The van der Waals surface area contributed by atoms with Crippen molar-refractivity contribution in [2.45, 2.75) is 0 Å². The predicted octanol–water partition coefficient (Wildman–Crippen LogP) is 1.92. The molecule has 1 heterocycles. The van der Waals surface area contributed by atoms with E-state index in [4.69, 9.17) is 5.73 Å². The van der Waals surface area contributed by atoms with Crippen LogP contribution in [0.15, 0.2) is 48.8 Å². The number of carbonyl (C=O) groups is 1. The number of hydrogen-bond acceptors (Lipinski definition) is 3. The molecular formula is C12H11N3O. The molecule has 1 aromatic heterocycles. The van der Waals surface area contributed by atoms with E-state index in [1.807, 2.05) is 18.2 Å². The highest BCUT2D eigenvalue weighted by molar-refractivity contribution is 5.93. The van der Waals surface area contributed by atoms with Gasteiger partial charge in [-0.15, -0.1) is 0 Å². The number of aromatic nitrogens is 1. The zero-order valence-corrected chi connectivity index (χ0v) is 8.55. The van der Waals surface area contributed by atoms with Crippen LogP contribution in [-0.4, -0.2) is 10.9 Å². The number of pyridine rings is 1. The first-order chi connectivity index (χ1) is 7.75. The Hall–Kier alpha value is -2.36. The van der Waals surface area contributed by atoms with Crippen molar-refractivity contribution < 1.29 is 4.79 Å². The number of nitrogens with zero attached hydrogens (tertiary/aromatic N) is 1. The maximum absolute atomic E-state index is 11.0. The molecule has 2 aromatic rings. The molecule has 0 aliphatic heterocycles. The summed E-state index contributed by atoms with van der Waals surface area (Å²) in [6.45, 7) is 0. The molecule has 2 rings (SSSR count). The zero-order chi connectivity index (χ0) is 11.4. The maximum atomic E-state index is 11.0. The number of benzene rings is 1. The van der Waals surface area contributed by atoms with Crippen LogP contribution in [0.3, 0.4) is 0 Å². The van der Waals surface area contributed by atoms with E-state index in [9.17, 15) is 4.79 Å². The van der Waals surface area contributed by atoms with Gasteiger partial charge in [-0.2, -0.15) is 0 Å². The van der Waals surface area contributed by atoms with Crippen LogP contribution in [0, 0.1) is 0 Å². The average Bonchev–Trinajstić information content (AvgIpc) is 2.30. The average molecular weight is 213 g/mol. The van der Waals surface area contributed by atoms with Crippen LogP contribution in [0.5, 0.6) is 0 Å². The zero-order valence-electron chi connectivity index (χ0n) is 8.55. The third kappa shape index (κ3) is 2.36. The van der Waals surface area contributed by atoms with Crippen LogP contribution in [0.1, 0.15) is 10.4 Å². The molecule has 0 fully saturated rings. The van der Waals surface area contributed by atoms with Crippen LogP contribution in [0.25, 0.3) is 0 Å². The number of nitrogens with two attached hydrogens (primary N) is 1. The summed E-state index contributed by atoms with van der Waals surface area (Å²) in [5.74, 6) is -0.432. The van der Waals surface area contributed by atoms with E-state index >= 15 is 0 Å². The molecule has 0 radical (unpaired) electrons. The molecule has 80 valence electrons. The van der Waals surface area contributed by atoms with Gasteiger partial charge in [-0.25, -0.2) is 0 Å². The smallest absolute Gasteiger partial charge is 0.248 e. The second kappa shape index (κ2) is 4.44. The molecule has 0 saturated heterocycles. The van der Waals surface area contributed by atoms with Crippen molar-refractivity contribution in [1.29, 1.82) is 0 Å². The van der Waals surface area contributed by atoms with Crippen LogP contribution >= 0.6 is 0 Å². The minimum atomic E-state index is -0.432. The highest BCUT2D eigenvalue weighted by Gasteiger charge is 2.00. The van der Waals surface area contributed by atoms with Crippen LogP contribution < -0.4 is 11.1 Å². The van der Waals surface area contributed by atoms with Crippen LogP contribution in [-0.2, 0) is 0 Å². The Kier molecular flexibility index (Phi) is 2.82. The molecule has 1 aromatic carbocycles. The molecule has 16 heavy (non-hydrogen) atoms. The molecule has 0 spiro atoms. The molecule has 0 atom stereocenters. The normalized spacial score (nSPS) is 9.75. The van der Waals surface area contributed by atoms with Crippen molar-refractivity contribution in [2.24, 2.45) is 5.73 Å². The number of primary amides is 1. The molecular weight excluding hydrogens is 202 g/mol. The lowest BCUT2D eigenvalue weighted by atomic mass is 10.2. The quantitative estimate of drug-likeness (QED) is 0.818. The van der Waals surface area contributed by atoms with E-state index in [0.717, 1.165) is 11.4 Å². The maximum Gasteiger partial charge on any atom is 0.248 e. The van der Waals surface area contributed by atoms with Gasteiger partial charge in [0.25, 0.3) is 0 Å². The number of rotatable bonds is 3. The second-order valence-corrected chi connectivity index (χ2v) is 3.31. The topological polar surface area (TPSA) is 68.0 Å². The minimum Gasteiger partial charge on any atom is -0.366 e. The first kappa shape index (κ1) is 10.2. The Bertz CT molecular complexity index is 497. The van der Waals surface area contributed by atoms with Gasteiger partial charge in [0.15, 0.2) is 0 Å². The predicted molar refractivity (Wildman–Crippen MR) is 62.5 cm³/mol. The number of amides is 1. The van der Waals surface area contributed by atoms with E-state index in [2.05, 4.69) is 10.3 Å². The highest BCUT2D eigenvalue weighted by atomic mass is 16.1. The summed E-state index contributed by atoms with van der Waals surface area (Å²) in [5, 5.41) is 3.15. The van der Waals surface area contributed by atoms with Crippen LogP contribution in [0.2, 0.25) is 0 Å². The number of nitrogens with one attached hydrogen (secondary N) is 1. The minimum absolute atomic E-state index is 0.432. The monoisotopic (exact) mass is 213 g/mol. The van der Waals surface area contributed by atoms with E-state index in [-0.39, 0.29) is 0 Å². The highest BCUT2D eigenvalue weighted by Crippen LogP contribution is 2.16. The molecule has 0 aliphatic rings. The van der Waals surface area contributed by atoms with Gasteiger partial charge < -0.3 is 11.1 Å². The second-order valence-electron chi connectivity index (χ2n) is 3.31. The SMILES string of the molecule is NC(=O)c1cccc(Nc2ccncc2)c1. The van der Waals surface area contributed by atoms with E-state index in [0.29, 0.717) is 5.56 Å². The Morgan fingerprint density at radius 3 is 2.56 bits per heavy atom. The van der Waals surface area contributed by atoms with Gasteiger partial charge >= 0.3 is 0 Å². The summed E-state index contributed by atoms with van der Waals surface area (Å²) in [6, 6.07) is 10.7. The fraction of sp³-hybridized carbons (Fsp3) is 0. The fourth-order valence-electron chi connectivity index (χ4n) is 1.35. The first-order valence-corrected chi connectivity index (χ1v) is 4.82. The van der Waals surface area contributed by atoms with Crippen molar-refractivity contribution in [3.05, 3.63) is 54.4 Å². The molecule has 0 aliphatic carbocycles. The van der Waals surface area contributed by atoms with Gasteiger partial charge in [0.2, 0.25) is 5.91 Å². The fourth-order valence-corrected chi connectivity index (χ4v) is 1.35. The van der Waals surface area contributed by atoms with Gasteiger partial charge in [0.1, 0.15) is 0 Å². The lowest BCUT2D eigenvalue weighted by Gasteiger charge is -2.06. The lowest BCUT2D eigenvalue weighted by molar-refractivity contribution is 0.100. The van der Waals surface area contributed by atoms with Crippen LogP contribution in [0.4, 0.5) is 11.4 Å². The third-order valence-electron chi connectivity index (χ3n) is 2.12. The van der Waals surface area contributed by atoms with Crippen molar-refractivity contribution in [3.63, 3.8) is 0 Å². The summed E-state index contributed by atoms with van der Waals surface area (Å²) in [5.41, 5.74) is 7.42. The number of hydrogen-bond donors (Lipinski definition) is 2. The van der Waals surface area contributed by atoms with E-state index in [1.165, 1.54) is 0 Å². The molecule has 1 amide bonds. The lowest BCUT2D eigenvalue weighted by Crippen LogP contribution is -2.10. The van der Waals surface area contributed by atoms with Gasteiger partial charge in [0.05, 0.1) is 0 Å². The Morgan fingerprint density at radius 1 is 1.12 bits per heavy atom. The molecule has 0 saturated carbocycles. The van der Waals surface area contributed by atoms with E-state index in [1.54, 1.807) is 30.6 Å². The van der Waals surface area contributed by atoms with Gasteiger partial charge in [-0.1, -0.05) is 6.07 Å². The van der Waals surface area contributed by atoms with Gasteiger partial charge in [-0.05, 0) is 30.3 Å². The first-order valence-electron chi connectivity index (χ1n) is 4.82. The molecule has 0 unspecified atom stereocenters. The summed E-state index contributed by atoms with van der Waals surface area (Å²) in [6.07, 6.45) is 3.39. The molecule has 4 heteroatoms. The Labute approximate surface area is 93.1 Å². The number of anilines is 2. The molecule has 3 N–H and O–H groups in total. The molecule has 0 bridgehead atoms. The van der Waals surface area contributed by atoms with Crippen molar-refractivity contribution in [2.75, 3.05) is 5.32 Å². The van der Waals surface area contributed by atoms with Gasteiger partial charge in [0, 0.05) is 29.3 Å².